The summed E-state index contributed by atoms with van der Waals surface area (Å²) in [7, 11) is 0. The zero-order valence-electron chi connectivity index (χ0n) is 7.95. The molecule has 0 aliphatic carbocycles. The largest absolute Gasteiger partial charge is 0.772 e. The number of esters is 1. The second kappa shape index (κ2) is 7.03. The molecule has 4 nitrogen and oxygen atoms in total. The van der Waals surface area contributed by atoms with Crippen molar-refractivity contribution in [3.05, 3.63) is 0 Å². The monoisotopic (exact) mass is 207 g/mol. The van der Waals surface area contributed by atoms with Gasteiger partial charge < -0.3 is 9.29 Å². The Bertz CT molecular complexity index is 177. The van der Waals surface area contributed by atoms with Gasteiger partial charge in [0.2, 0.25) is 0 Å². The Kier molecular flexibility index (Phi) is 6.80. The van der Waals surface area contributed by atoms with E-state index in [4.69, 9.17) is 4.74 Å². The van der Waals surface area contributed by atoms with Crippen LogP contribution in [0.25, 0.3) is 0 Å². The third kappa shape index (κ3) is 6.72. The third-order valence-electron chi connectivity index (χ3n) is 1.87. The lowest BCUT2D eigenvalue weighted by Gasteiger charge is -2.12. The average molecular weight is 207 g/mol. The van der Waals surface area contributed by atoms with Gasteiger partial charge in [0.1, 0.15) is 5.75 Å². The number of rotatable bonds is 6. The first-order valence-corrected chi connectivity index (χ1v) is 5.56. The Morgan fingerprint density at radius 2 is 2.00 bits per heavy atom. The molecule has 0 radical (unpaired) electrons. The summed E-state index contributed by atoms with van der Waals surface area (Å²) in [5.74, 6) is -0.871. The Morgan fingerprint density at radius 3 is 2.38 bits per heavy atom. The van der Waals surface area contributed by atoms with Gasteiger partial charge in [0, 0.05) is 0 Å². The van der Waals surface area contributed by atoms with Crippen LogP contribution in [0.1, 0.15) is 26.7 Å². The zero-order chi connectivity index (χ0) is 10.3. The summed E-state index contributed by atoms with van der Waals surface area (Å²) < 4.78 is 25.0. The van der Waals surface area contributed by atoms with Gasteiger partial charge >= 0.3 is 5.97 Å². The van der Waals surface area contributed by atoms with Crippen molar-refractivity contribution in [2.75, 3.05) is 12.4 Å². The Morgan fingerprint density at radius 1 is 1.46 bits per heavy atom. The molecule has 0 saturated heterocycles. The summed E-state index contributed by atoms with van der Waals surface area (Å²) in [6.45, 7) is 4.34. The molecule has 0 aromatic carbocycles. The smallest absolute Gasteiger partial charge is 0.317 e. The lowest BCUT2D eigenvalue weighted by Crippen LogP contribution is -2.18. The van der Waals surface area contributed by atoms with Gasteiger partial charge in [0.05, 0.1) is 6.61 Å². The lowest BCUT2D eigenvalue weighted by molar-refractivity contribution is -0.141. The highest BCUT2D eigenvalue weighted by Crippen LogP contribution is 2.07. The van der Waals surface area contributed by atoms with Gasteiger partial charge in [0.15, 0.2) is 0 Å². The van der Waals surface area contributed by atoms with Crippen LogP contribution in [-0.4, -0.2) is 27.1 Å². The molecular weight excluding hydrogens is 192 g/mol. The highest BCUT2D eigenvalue weighted by Gasteiger charge is 2.07. The third-order valence-corrected chi connectivity index (χ3v) is 2.34. The van der Waals surface area contributed by atoms with E-state index in [1.54, 1.807) is 0 Å². The Labute approximate surface area is 80.9 Å². The molecule has 0 aliphatic heterocycles. The topological polar surface area (TPSA) is 66.4 Å². The SMILES string of the molecule is CCC(CC)COC(=O)CS(=O)[O-]. The molecule has 1 unspecified atom stereocenters. The van der Waals surface area contributed by atoms with Crippen molar-refractivity contribution in [1.82, 2.24) is 0 Å². The molecule has 0 heterocycles. The van der Waals surface area contributed by atoms with Crippen molar-refractivity contribution >= 4 is 17.0 Å². The van der Waals surface area contributed by atoms with E-state index in [1.165, 1.54) is 0 Å². The van der Waals surface area contributed by atoms with Crippen molar-refractivity contribution in [2.24, 2.45) is 5.92 Å². The van der Waals surface area contributed by atoms with Crippen LogP contribution in [0.2, 0.25) is 0 Å². The summed E-state index contributed by atoms with van der Waals surface area (Å²) in [5.41, 5.74) is 0. The van der Waals surface area contributed by atoms with E-state index in [-0.39, 0.29) is 0 Å². The maximum atomic E-state index is 10.8. The minimum Gasteiger partial charge on any atom is -0.772 e. The minimum absolute atomic E-state index is 0.322. The summed E-state index contributed by atoms with van der Waals surface area (Å²) in [5, 5.41) is 0. The van der Waals surface area contributed by atoms with E-state index in [0.29, 0.717) is 12.5 Å². The first-order valence-electron chi connectivity index (χ1n) is 4.31. The van der Waals surface area contributed by atoms with E-state index in [1.807, 2.05) is 13.8 Å². The van der Waals surface area contributed by atoms with E-state index < -0.39 is 22.8 Å². The standard InChI is InChI=1S/C8H16O4S/c1-3-7(4-2)5-12-8(9)6-13(10)11/h7H,3-6H2,1-2H3,(H,10,11)/p-1. The molecule has 1 atom stereocenters. The first kappa shape index (κ1) is 12.6. The maximum absolute atomic E-state index is 10.8. The molecule has 0 aliphatic rings. The quantitative estimate of drug-likeness (QED) is 0.478. The van der Waals surface area contributed by atoms with Gasteiger partial charge in [-0.2, -0.15) is 0 Å². The van der Waals surface area contributed by atoms with Crippen molar-refractivity contribution < 1.29 is 18.3 Å². The van der Waals surface area contributed by atoms with Gasteiger partial charge in [-0.1, -0.05) is 26.7 Å². The number of carbonyl (C=O) groups is 1. The van der Waals surface area contributed by atoms with Gasteiger partial charge in [-0.25, -0.2) is 0 Å². The molecule has 78 valence electrons. The second-order valence-electron chi connectivity index (χ2n) is 2.81. The van der Waals surface area contributed by atoms with E-state index >= 15 is 0 Å². The summed E-state index contributed by atoms with van der Waals surface area (Å²) in [6.07, 6.45) is 1.87. The van der Waals surface area contributed by atoms with Crippen LogP contribution in [0.4, 0.5) is 0 Å². The number of carbonyl (C=O) groups excluding carboxylic acids is 1. The summed E-state index contributed by atoms with van der Waals surface area (Å²) in [4.78, 5) is 10.8. The highest BCUT2D eigenvalue weighted by molar-refractivity contribution is 7.79. The number of ether oxygens (including phenoxy) is 1. The van der Waals surface area contributed by atoms with Gasteiger partial charge in [-0.3, -0.25) is 9.00 Å². The van der Waals surface area contributed by atoms with Gasteiger partial charge in [-0.05, 0) is 17.0 Å². The van der Waals surface area contributed by atoms with Gasteiger partial charge in [0.25, 0.3) is 0 Å². The molecule has 0 spiro atoms. The molecular formula is C8H15O4S-. The van der Waals surface area contributed by atoms with Crippen LogP contribution in [0, 0.1) is 5.92 Å². The molecule has 0 aromatic rings. The van der Waals surface area contributed by atoms with Crippen molar-refractivity contribution in [2.45, 2.75) is 26.7 Å². The van der Waals surface area contributed by atoms with E-state index in [0.717, 1.165) is 12.8 Å². The van der Waals surface area contributed by atoms with Crippen molar-refractivity contribution in [3.8, 4) is 0 Å². The summed E-state index contributed by atoms with van der Waals surface area (Å²) >= 11 is -2.34. The first-order chi connectivity index (χ1) is 6.10. The summed E-state index contributed by atoms with van der Waals surface area (Å²) in [6, 6.07) is 0. The molecule has 0 N–H and O–H groups in total. The Hall–Kier alpha value is -0.420. The fraction of sp³-hybridized carbons (Fsp3) is 0.875. The molecule has 13 heavy (non-hydrogen) atoms. The number of hydrogen-bond acceptors (Lipinski definition) is 4. The molecule has 0 saturated carbocycles. The van der Waals surface area contributed by atoms with Crippen LogP contribution in [0.5, 0.6) is 0 Å². The second-order valence-corrected chi connectivity index (χ2v) is 3.71. The van der Waals surface area contributed by atoms with Gasteiger partial charge in [-0.15, -0.1) is 0 Å². The zero-order valence-corrected chi connectivity index (χ0v) is 8.76. The van der Waals surface area contributed by atoms with Crippen LogP contribution in [-0.2, 0) is 20.6 Å². The average Bonchev–Trinajstić information content (AvgIpc) is 2.05. The van der Waals surface area contributed by atoms with E-state index in [9.17, 15) is 13.6 Å². The maximum Gasteiger partial charge on any atom is 0.317 e. The molecule has 0 fully saturated rings. The fourth-order valence-corrected chi connectivity index (χ4v) is 1.15. The normalized spacial score (nSPS) is 12.9. The van der Waals surface area contributed by atoms with Crippen LogP contribution >= 0.6 is 0 Å². The predicted octanol–water partition coefficient (Wildman–Crippen LogP) is 0.845. The Balaban J connectivity index is 3.62. The molecule has 0 rings (SSSR count). The van der Waals surface area contributed by atoms with Crippen molar-refractivity contribution in [1.29, 1.82) is 0 Å². The van der Waals surface area contributed by atoms with Crippen LogP contribution in [0.15, 0.2) is 0 Å². The van der Waals surface area contributed by atoms with Crippen LogP contribution < -0.4 is 0 Å². The fourth-order valence-electron chi connectivity index (χ4n) is 0.873. The molecule has 0 aromatic heterocycles. The predicted molar refractivity (Wildman–Crippen MR) is 48.8 cm³/mol. The minimum atomic E-state index is -2.34. The molecule has 0 bridgehead atoms. The molecule has 5 heteroatoms. The highest BCUT2D eigenvalue weighted by atomic mass is 32.2. The van der Waals surface area contributed by atoms with Crippen molar-refractivity contribution in [3.63, 3.8) is 0 Å². The molecule has 0 amide bonds. The number of hydrogen-bond donors (Lipinski definition) is 0. The van der Waals surface area contributed by atoms with Crippen LogP contribution in [0.3, 0.4) is 0 Å². The lowest BCUT2D eigenvalue weighted by atomic mass is 10.1. The van der Waals surface area contributed by atoms with E-state index in [2.05, 4.69) is 0 Å².